The van der Waals surface area contributed by atoms with Crippen molar-refractivity contribution < 1.29 is 8.78 Å². The molecule has 0 aliphatic heterocycles. The summed E-state index contributed by atoms with van der Waals surface area (Å²) in [6.45, 7) is 2.34. The minimum absolute atomic E-state index is 0.590. The molecule has 1 aliphatic rings. The van der Waals surface area contributed by atoms with Gasteiger partial charge in [0, 0.05) is 4.90 Å². The van der Waals surface area contributed by atoms with Crippen LogP contribution in [0.3, 0.4) is 0 Å². The van der Waals surface area contributed by atoms with Crippen LogP contribution in [0.15, 0.2) is 53.4 Å². The maximum absolute atomic E-state index is 12.4. The molecule has 0 bridgehead atoms. The minimum Gasteiger partial charge on any atom is -0.198 e. The maximum Gasteiger partial charge on any atom is 0.288 e. The second-order valence-electron chi connectivity index (χ2n) is 6.48. The van der Waals surface area contributed by atoms with E-state index in [9.17, 15) is 8.78 Å². The predicted molar refractivity (Wildman–Crippen MR) is 94.1 cm³/mol. The number of halogens is 2. The van der Waals surface area contributed by atoms with Crippen molar-refractivity contribution in [3.63, 3.8) is 0 Å². The summed E-state index contributed by atoms with van der Waals surface area (Å²) in [5.74, 6) is -0.793. The van der Waals surface area contributed by atoms with Gasteiger partial charge >= 0.3 is 0 Å². The first-order valence-corrected chi connectivity index (χ1v) is 9.15. The summed E-state index contributed by atoms with van der Waals surface area (Å²) in [5.41, 5.74) is 3.66. The lowest BCUT2D eigenvalue weighted by Crippen LogP contribution is -2.10. The molecule has 23 heavy (non-hydrogen) atoms. The third kappa shape index (κ3) is 4.35. The lowest BCUT2D eigenvalue weighted by atomic mass is 9.79. The van der Waals surface area contributed by atoms with E-state index in [1.807, 2.05) is 12.1 Å². The summed E-state index contributed by atoms with van der Waals surface area (Å²) in [6.07, 6.45) is 5.24. The van der Waals surface area contributed by atoms with Crippen LogP contribution in [0.1, 0.15) is 44.1 Å². The van der Waals surface area contributed by atoms with Crippen molar-refractivity contribution in [2.45, 2.75) is 49.2 Å². The standard InChI is InChI=1S/C20H22F2S/c1-14-2-4-15(5-3-14)16-6-8-17(9-7-16)18-10-12-19(13-11-18)23-20(21)22/h6-15,20H,2-5H2,1H3. The smallest absolute Gasteiger partial charge is 0.198 e. The van der Waals surface area contributed by atoms with E-state index in [1.54, 1.807) is 12.1 Å². The van der Waals surface area contributed by atoms with Crippen LogP contribution in [-0.2, 0) is 0 Å². The number of alkyl halides is 2. The quantitative estimate of drug-likeness (QED) is 0.545. The Morgan fingerprint density at radius 2 is 1.35 bits per heavy atom. The molecule has 0 unspecified atom stereocenters. The molecule has 2 aromatic rings. The summed E-state index contributed by atoms with van der Waals surface area (Å²) in [4.78, 5) is 0.608. The molecule has 0 radical (unpaired) electrons. The molecule has 0 heterocycles. The van der Waals surface area contributed by atoms with Gasteiger partial charge in [-0.2, -0.15) is 8.78 Å². The predicted octanol–water partition coefficient (Wildman–Crippen LogP) is 6.96. The van der Waals surface area contributed by atoms with Crippen molar-refractivity contribution in [3.05, 3.63) is 54.1 Å². The van der Waals surface area contributed by atoms with Crippen LogP contribution in [0.25, 0.3) is 11.1 Å². The van der Waals surface area contributed by atoms with Gasteiger partial charge < -0.3 is 0 Å². The molecule has 3 rings (SSSR count). The Labute approximate surface area is 141 Å². The zero-order valence-corrected chi connectivity index (χ0v) is 14.2. The number of thioether (sulfide) groups is 1. The number of benzene rings is 2. The van der Waals surface area contributed by atoms with Crippen LogP contribution < -0.4 is 0 Å². The monoisotopic (exact) mass is 332 g/mol. The number of hydrogen-bond donors (Lipinski definition) is 0. The molecule has 0 nitrogen and oxygen atoms in total. The summed E-state index contributed by atoms with van der Waals surface area (Å²) < 4.78 is 24.7. The van der Waals surface area contributed by atoms with Crippen LogP contribution >= 0.6 is 11.8 Å². The van der Waals surface area contributed by atoms with Gasteiger partial charge in [0.05, 0.1) is 0 Å². The zero-order valence-electron chi connectivity index (χ0n) is 13.3. The second-order valence-corrected chi connectivity index (χ2v) is 7.55. The van der Waals surface area contributed by atoms with E-state index in [1.165, 1.54) is 31.2 Å². The Kier molecular flexibility index (Phi) is 5.37. The van der Waals surface area contributed by atoms with E-state index in [0.29, 0.717) is 22.6 Å². The largest absolute Gasteiger partial charge is 0.288 e. The number of rotatable bonds is 4. The molecule has 0 N–H and O–H groups in total. The highest BCUT2D eigenvalue weighted by Gasteiger charge is 2.19. The van der Waals surface area contributed by atoms with Gasteiger partial charge in [-0.1, -0.05) is 67.9 Å². The second kappa shape index (κ2) is 7.48. The molecule has 0 atom stereocenters. The summed E-state index contributed by atoms with van der Waals surface area (Å²) in [7, 11) is 0. The van der Waals surface area contributed by atoms with Crippen LogP contribution in [0.2, 0.25) is 0 Å². The van der Waals surface area contributed by atoms with Gasteiger partial charge in [0.15, 0.2) is 0 Å². The van der Waals surface area contributed by atoms with Gasteiger partial charge in [-0.3, -0.25) is 0 Å². The topological polar surface area (TPSA) is 0 Å². The average Bonchev–Trinajstić information content (AvgIpc) is 2.56. The molecule has 1 saturated carbocycles. The normalized spacial score (nSPS) is 21.6. The maximum atomic E-state index is 12.4. The van der Waals surface area contributed by atoms with Crippen molar-refractivity contribution >= 4 is 11.8 Å². The van der Waals surface area contributed by atoms with E-state index in [-0.39, 0.29) is 0 Å². The lowest BCUT2D eigenvalue weighted by Gasteiger charge is -2.26. The van der Waals surface area contributed by atoms with E-state index in [2.05, 4.69) is 31.2 Å². The Hall–Kier alpha value is -1.35. The third-order valence-electron chi connectivity index (χ3n) is 4.81. The van der Waals surface area contributed by atoms with Crippen LogP contribution in [-0.4, -0.2) is 5.76 Å². The Morgan fingerprint density at radius 1 is 0.826 bits per heavy atom. The van der Waals surface area contributed by atoms with Gasteiger partial charge in [0.2, 0.25) is 0 Å². The lowest BCUT2D eigenvalue weighted by molar-refractivity contribution is 0.252. The minimum atomic E-state index is -2.36. The van der Waals surface area contributed by atoms with Crippen molar-refractivity contribution in [2.24, 2.45) is 5.92 Å². The van der Waals surface area contributed by atoms with E-state index in [0.717, 1.165) is 17.0 Å². The first-order valence-electron chi connectivity index (χ1n) is 8.27. The van der Waals surface area contributed by atoms with Crippen LogP contribution in [0.4, 0.5) is 8.78 Å². The van der Waals surface area contributed by atoms with Crippen molar-refractivity contribution in [1.29, 1.82) is 0 Å². The molecular formula is C20H22F2S. The number of hydrogen-bond acceptors (Lipinski definition) is 1. The van der Waals surface area contributed by atoms with E-state index >= 15 is 0 Å². The van der Waals surface area contributed by atoms with Crippen molar-refractivity contribution in [2.75, 3.05) is 0 Å². The molecule has 122 valence electrons. The fourth-order valence-electron chi connectivity index (χ4n) is 3.37. The summed E-state index contributed by atoms with van der Waals surface area (Å²) in [6, 6.07) is 16.1. The fraction of sp³-hybridized carbons (Fsp3) is 0.400. The zero-order chi connectivity index (χ0) is 16.2. The van der Waals surface area contributed by atoms with Gasteiger partial charge in [-0.05, 0) is 53.5 Å². The Balaban J connectivity index is 1.69. The third-order valence-corrected chi connectivity index (χ3v) is 5.53. The fourth-order valence-corrected chi connectivity index (χ4v) is 3.87. The van der Waals surface area contributed by atoms with Gasteiger partial charge in [-0.25, -0.2) is 0 Å². The molecule has 0 amide bonds. The van der Waals surface area contributed by atoms with Gasteiger partial charge in [-0.15, -0.1) is 0 Å². The molecule has 1 fully saturated rings. The molecule has 0 aromatic heterocycles. The summed E-state index contributed by atoms with van der Waals surface area (Å²) in [5, 5.41) is 0. The highest BCUT2D eigenvalue weighted by atomic mass is 32.2. The first-order chi connectivity index (χ1) is 11.1. The van der Waals surface area contributed by atoms with Crippen molar-refractivity contribution in [3.8, 4) is 11.1 Å². The SMILES string of the molecule is CC1CCC(c2ccc(-c3ccc(SC(F)F)cc3)cc2)CC1. The van der Waals surface area contributed by atoms with E-state index < -0.39 is 5.76 Å². The van der Waals surface area contributed by atoms with Gasteiger partial charge in [0.25, 0.3) is 5.76 Å². The van der Waals surface area contributed by atoms with Crippen molar-refractivity contribution in [1.82, 2.24) is 0 Å². The molecule has 0 spiro atoms. The highest BCUT2D eigenvalue weighted by molar-refractivity contribution is 7.99. The first kappa shape index (κ1) is 16.5. The molecule has 0 saturated heterocycles. The summed E-state index contributed by atoms with van der Waals surface area (Å²) >= 11 is 0.590. The van der Waals surface area contributed by atoms with Gasteiger partial charge in [0.1, 0.15) is 0 Å². The van der Waals surface area contributed by atoms with Crippen LogP contribution in [0, 0.1) is 5.92 Å². The van der Waals surface area contributed by atoms with E-state index in [4.69, 9.17) is 0 Å². The highest BCUT2D eigenvalue weighted by Crippen LogP contribution is 2.36. The molecule has 3 heteroatoms. The molecule has 1 aliphatic carbocycles. The molecule has 2 aromatic carbocycles. The average molecular weight is 332 g/mol. The molecular weight excluding hydrogens is 310 g/mol. The Morgan fingerprint density at radius 3 is 1.87 bits per heavy atom. The Bertz CT molecular complexity index is 611. The van der Waals surface area contributed by atoms with Crippen LogP contribution in [0.5, 0.6) is 0 Å².